The Labute approximate surface area is 192 Å². The lowest BCUT2D eigenvalue weighted by atomic mass is 9.49. The van der Waals surface area contributed by atoms with Crippen LogP contribution in [0.5, 0.6) is 0 Å². The molecule has 4 fully saturated rings. The maximum absolute atomic E-state index is 13.3. The summed E-state index contributed by atoms with van der Waals surface area (Å²) in [5.74, 6) is 1.99. The average Bonchev–Trinajstić information content (AvgIpc) is 3.23. The van der Waals surface area contributed by atoms with Crippen LogP contribution in [0.15, 0.2) is 48.7 Å². The summed E-state index contributed by atoms with van der Waals surface area (Å²) in [6, 6.07) is 11.6. The highest BCUT2D eigenvalue weighted by atomic mass is 19.1. The van der Waals surface area contributed by atoms with Gasteiger partial charge in [0.05, 0.1) is 17.6 Å². The Morgan fingerprint density at radius 2 is 1.67 bits per heavy atom. The number of carbonyl (C=O) groups is 1. The van der Waals surface area contributed by atoms with Gasteiger partial charge in [0.1, 0.15) is 5.82 Å². The number of halogens is 1. The second kappa shape index (κ2) is 7.68. The second-order valence-electron chi connectivity index (χ2n) is 10.5. The molecular formula is C26H28FN5O. The van der Waals surface area contributed by atoms with Gasteiger partial charge in [0, 0.05) is 6.54 Å². The van der Waals surface area contributed by atoms with Gasteiger partial charge in [-0.25, -0.2) is 4.39 Å². The Kier molecular flexibility index (Phi) is 4.75. The number of nitrogens with zero attached hydrogens (tertiary/aromatic N) is 3. The van der Waals surface area contributed by atoms with E-state index >= 15 is 0 Å². The molecule has 170 valence electrons. The molecule has 4 bridgehead atoms. The molecule has 0 saturated heterocycles. The first-order chi connectivity index (χ1) is 15.9. The normalized spacial score (nSPS) is 27.6. The van der Waals surface area contributed by atoms with Gasteiger partial charge in [-0.05, 0) is 97.1 Å². The van der Waals surface area contributed by atoms with E-state index in [2.05, 4.69) is 15.6 Å². The fraction of sp³-hybridized carbons (Fsp3) is 0.423. The summed E-state index contributed by atoms with van der Waals surface area (Å²) in [5, 5.41) is 11.3. The van der Waals surface area contributed by atoms with Crippen LogP contribution in [-0.2, 0) is 6.54 Å². The average molecular weight is 446 g/mol. The summed E-state index contributed by atoms with van der Waals surface area (Å²) in [6.45, 7) is 0.846. The zero-order valence-electron chi connectivity index (χ0n) is 18.5. The molecule has 4 aliphatic carbocycles. The van der Waals surface area contributed by atoms with Gasteiger partial charge in [-0.3, -0.25) is 9.48 Å². The van der Waals surface area contributed by atoms with Crippen LogP contribution in [0.1, 0.15) is 49.0 Å². The molecule has 1 amide bonds. The molecule has 0 unspecified atom stereocenters. The minimum atomic E-state index is -0.338. The zero-order valence-corrected chi connectivity index (χ0v) is 18.5. The minimum Gasteiger partial charge on any atom is -0.397 e. The van der Waals surface area contributed by atoms with Crippen molar-refractivity contribution in [3.63, 3.8) is 0 Å². The van der Waals surface area contributed by atoms with Crippen molar-refractivity contribution < 1.29 is 9.18 Å². The third-order valence-corrected chi connectivity index (χ3v) is 7.91. The smallest absolute Gasteiger partial charge is 0.277 e. The lowest BCUT2D eigenvalue weighted by molar-refractivity contribution is -0.0637. The number of nitrogens with one attached hydrogen (secondary N) is 1. The number of benzene rings is 2. The summed E-state index contributed by atoms with van der Waals surface area (Å²) >= 11 is 0. The second-order valence-corrected chi connectivity index (χ2v) is 10.5. The Morgan fingerprint density at radius 3 is 2.33 bits per heavy atom. The van der Waals surface area contributed by atoms with Crippen LogP contribution in [0.2, 0.25) is 0 Å². The zero-order chi connectivity index (χ0) is 22.6. The van der Waals surface area contributed by atoms with Crippen LogP contribution >= 0.6 is 0 Å². The highest BCUT2D eigenvalue weighted by Crippen LogP contribution is 2.60. The Balaban J connectivity index is 1.17. The molecule has 0 radical (unpaired) electrons. The molecule has 1 aromatic heterocycles. The number of nitrogen functional groups attached to an aromatic ring is 1. The molecule has 2 aromatic carbocycles. The van der Waals surface area contributed by atoms with Crippen molar-refractivity contribution in [2.24, 2.45) is 23.2 Å². The van der Waals surface area contributed by atoms with E-state index in [-0.39, 0.29) is 17.4 Å². The quantitative estimate of drug-likeness (QED) is 0.533. The Bertz CT molecular complexity index is 1170. The van der Waals surface area contributed by atoms with Crippen LogP contribution in [0, 0.1) is 29.0 Å². The van der Waals surface area contributed by atoms with Crippen molar-refractivity contribution in [3.8, 4) is 11.1 Å². The van der Waals surface area contributed by atoms with Crippen LogP contribution in [0.3, 0.4) is 0 Å². The van der Waals surface area contributed by atoms with Crippen molar-refractivity contribution in [2.75, 3.05) is 11.1 Å². The number of carbonyl (C=O) groups excluding carboxylic acids is 1. The van der Waals surface area contributed by atoms with Crippen LogP contribution in [-0.4, -0.2) is 20.9 Å². The molecule has 7 heteroatoms. The topological polar surface area (TPSA) is 85.8 Å². The van der Waals surface area contributed by atoms with Gasteiger partial charge in [-0.2, -0.15) is 0 Å². The summed E-state index contributed by atoms with van der Waals surface area (Å²) < 4.78 is 15.1. The monoisotopic (exact) mass is 445 g/mol. The van der Waals surface area contributed by atoms with E-state index in [1.165, 1.54) is 50.7 Å². The molecule has 0 atom stereocenters. The van der Waals surface area contributed by atoms with Gasteiger partial charge in [-0.1, -0.05) is 23.4 Å². The molecule has 1 heterocycles. The number of nitrogens with two attached hydrogens (primary N) is 1. The van der Waals surface area contributed by atoms with Crippen LogP contribution in [0.4, 0.5) is 15.8 Å². The Morgan fingerprint density at radius 1 is 1.03 bits per heavy atom. The summed E-state index contributed by atoms with van der Waals surface area (Å²) in [6.07, 6.45) is 9.83. The first kappa shape index (κ1) is 20.4. The molecule has 6 nitrogen and oxygen atoms in total. The number of hydrogen-bond donors (Lipinski definition) is 2. The van der Waals surface area contributed by atoms with E-state index in [1.54, 1.807) is 30.5 Å². The standard InChI is InChI=1S/C26H28FN5O/c27-21-4-1-19(2-5-21)20-3-6-22(28)23(10-20)29-25(33)24-14-32(31-30-24)15-26-11-16-7-17(12-26)9-18(8-16)13-26/h1-6,10,14,16-18H,7-9,11-13,15,28H2,(H,29,33). The molecule has 0 aliphatic heterocycles. The predicted octanol–water partition coefficient (Wildman–Crippen LogP) is 5.14. The van der Waals surface area contributed by atoms with E-state index in [0.717, 1.165) is 35.4 Å². The molecule has 33 heavy (non-hydrogen) atoms. The molecule has 4 aliphatic rings. The first-order valence-electron chi connectivity index (χ1n) is 11.8. The van der Waals surface area contributed by atoms with Gasteiger partial charge in [0.2, 0.25) is 0 Å². The number of aromatic nitrogens is 3. The fourth-order valence-electron chi connectivity index (χ4n) is 6.98. The third-order valence-electron chi connectivity index (χ3n) is 7.91. The van der Waals surface area contributed by atoms with Gasteiger partial charge < -0.3 is 11.1 Å². The minimum absolute atomic E-state index is 0.284. The lowest BCUT2D eigenvalue weighted by Gasteiger charge is -2.56. The molecule has 4 saturated carbocycles. The summed E-state index contributed by atoms with van der Waals surface area (Å²) in [5.41, 5.74) is 9.34. The number of anilines is 2. The van der Waals surface area contributed by atoms with Crippen molar-refractivity contribution in [1.82, 2.24) is 15.0 Å². The van der Waals surface area contributed by atoms with Crippen molar-refractivity contribution in [3.05, 3.63) is 60.2 Å². The van der Waals surface area contributed by atoms with E-state index in [1.807, 2.05) is 10.7 Å². The first-order valence-corrected chi connectivity index (χ1v) is 11.8. The molecular weight excluding hydrogens is 417 g/mol. The van der Waals surface area contributed by atoms with E-state index in [9.17, 15) is 9.18 Å². The van der Waals surface area contributed by atoms with Crippen molar-refractivity contribution in [1.29, 1.82) is 0 Å². The predicted molar refractivity (Wildman–Crippen MR) is 125 cm³/mol. The van der Waals surface area contributed by atoms with E-state index in [4.69, 9.17) is 5.73 Å². The summed E-state index contributed by atoms with van der Waals surface area (Å²) in [4.78, 5) is 12.9. The van der Waals surface area contributed by atoms with Gasteiger partial charge in [0.15, 0.2) is 5.69 Å². The number of amides is 1. The highest BCUT2D eigenvalue weighted by Gasteiger charge is 2.51. The number of rotatable bonds is 5. The van der Waals surface area contributed by atoms with Crippen molar-refractivity contribution in [2.45, 2.75) is 45.1 Å². The van der Waals surface area contributed by atoms with E-state index < -0.39 is 0 Å². The fourth-order valence-corrected chi connectivity index (χ4v) is 6.98. The lowest BCUT2D eigenvalue weighted by Crippen LogP contribution is -2.48. The Hall–Kier alpha value is -3.22. The van der Waals surface area contributed by atoms with Crippen LogP contribution in [0.25, 0.3) is 11.1 Å². The highest BCUT2D eigenvalue weighted by molar-refractivity contribution is 6.04. The van der Waals surface area contributed by atoms with Crippen molar-refractivity contribution >= 4 is 17.3 Å². The summed E-state index contributed by atoms with van der Waals surface area (Å²) in [7, 11) is 0. The van der Waals surface area contributed by atoms with Gasteiger partial charge in [-0.15, -0.1) is 5.10 Å². The van der Waals surface area contributed by atoms with E-state index in [0.29, 0.717) is 16.8 Å². The molecule has 7 rings (SSSR count). The molecule has 3 aromatic rings. The largest absolute Gasteiger partial charge is 0.397 e. The van der Waals surface area contributed by atoms with Crippen LogP contribution < -0.4 is 11.1 Å². The SMILES string of the molecule is Nc1ccc(-c2ccc(F)cc2)cc1NC(=O)c1cn(CC23CC4CC(CC(C4)C2)C3)nn1. The van der Waals surface area contributed by atoms with Gasteiger partial charge >= 0.3 is 0 Å². The van der Waals surface area contributed by atoms with Gasteiger partial charge in [0.25, 0.3) is 5.91 Å². The number of hydrogen-bond acceptors (Lipinski definition) is 4. The third kappa shape index (κ3) is 3.90. The maximum atomic E-state index is 13.3. The molecule has 3 N–H and O–H groups in total. The maximum Gasteiger partial charge on any atom is 0.277 e. The molecule has 0 spiro atoms.